The fourth-order valence-electron chi connectivity index (χ4n) is 5.21. The van der Waals surface area contributed by atoms with E-state index in [2.05, 4.69) is 20.8 Å². The SMILES string of the molecule is O=C(O)CCCCCCC(=O)NCc1ccc(C2OC(CSc3nnnn3-c3ccc(O)cc3)CC(c3ccc(CO)cc3)O2)cc1. The second-order valence-electron chi connectivity index (χ2n) is 11.4. The van der Waals surface area contributed by atoms with Gasteiger partial charge in [0.05, 0.1) is 24.5 Å². The van der Waals surface area contributed by atoms with Crippen molar-refractivity contribution >= 4 is 23.6 Å². The summed E-state index contributed by atoms with van der Waals surface area (Å²) in [6.07, 6.45) is 3.11. The predicted octanol–water partition coefficient (Wildman–Crippen LogP) is 5.24. The first kappa shape index (κ1) is 34.0. The minimum atomic E-state index is -0.787. The molecule has 13 heteroatoms. The molecule has 4 aromatic rings. The summed E-state index contributed by atoms with van der Waals surface area (Å²) in [4.78, 5) is 22.9. The maximum absolute atomic E-state index is 12.3. The Bertz CT molecular complexity index is 1580. The molecule has 1 fully saturated rings. The Balaban J connectivity index is 1.20. The third kappa shape index (κ3) is 10.1. The number of aromatic nitrogens is 4. The van der Waals surface area contributed by atoms with Gasteiger partial charge in [-0.3, -0.25) is 9.59 Å². The molecule has 0 aliphatic carbocycles. The first-order valence-corrected chi connectivity index (χ1v) is 16.6. The van der Waals surface area contributed by atoms with Crippen molar-refractivity contribution in [3.8, 4) is 11.4 Å². The minimum Gasteiger partial charge on any atom is -0.508 e. The Morgan fingerprint density at radius 1 is 0.872 bits per heavy atom. The monoisotopic (exact) mass is 661 g/mol. The normalized spacial score (nSPS) is 17.8. The van der Waals surface area contributed by atoms with Crippen molar-refractivity contribution < 1.29 is 34.4 Å². The third-order valence-corrected chi connectivity index (χ3v) is 8.89. The molecule has 0 spiro atoms. The summed E-state index contributed by atoms with van der Waals surface area (Å²) in [7, 11) is 0. The lowest BCUT2D eigenvalue weighted by molar-refractivity contribution is -0.245. The van der Waals surface area contributed by atoms with Crippen LogP contribution < -0.4 is 5.32 Å². The molecule has 3 atom stereocenters. The lowest BCUT2D eigenvalue weighted by Crippen LogP contribution is -2.31. The number of phenols is 1. The number of nitrogens with zero attached hydrogens (tertiary/aromatic N) is 4. The number of hydrogen-bond donors (Lipinski definition) is 4. The summed E-state index contributed by atoms with van der Waals surface area (Å²) in [6, 6.07) is 22.2. The van der Waals surface area contributed by atoms with Gasteiger partial charge in [0, 0.05) is 37.1 Å². The van der Waals surface area contributed by atoms with Gasteiger partial charge in [-0.2, -0.15) is 4.68 Å². The number of aliphatic hydroxyl groups is 1. The molecule has 12 nitrogen and oxygen atoms in total. The smallest absolute Gasteiger partial charge is 0.303 e. The molecule has 0 saturated carbocycles. The van der Waals surface area contributed by atoms with E-state index in [4.69, 9.17) is 14.6 Å². The maximum atomic E-state index is 12.3. The average Bonchev–Trinajstić information content (AvgIpc) is 3.57. The number of carbonyl (C=O) groups is 2. The van der Waals surface area contributed by atoms with Crippen molar-refractivity contribution in [1.29, 1.82) is 0 Å². The van der Waals surface area contributed by atoms with Crippen LogP contribution in [0.25, 0.3) is 5.69 Å². The van der Waals surface area contributed by atoms with Crippen LogP contribution in [0.15, 0.2) is 78.0 Å². The van der Waals surface area contributed by atoms with E-state index in [0.717, 1.165) is 47.2 Å². The number of ether oxygens (including phenoxy) is 2. The molecule has 2 heterocycles. The lowest BCUT2D eigenvalue weighted by Gasteiger charge is -2.36. The number of thioether (sulfide) groups is 1. The van der Waals surface area contributed by atoms with Crippen molar-refractivity contribution in [2.75, 3.05) is 5.75 Å². The molecule has 248 valence electrons. The number of carbonyl (C=O) groups excluding carboxylic acids is 1. The number of rotatable bonds is 16. The van der Waals surface area contributed by atoms with E-state index in [1.807, 2.05) is 48.5 Å². The summed E-state index contributed by atoms with van der Waals surface area (Å²) in [5, 5.41) is 43.6. The first-order valence-electron chi connectivity index (χ1n) is 15.7. The number of aliphatic hydroxyl groups excluding tert-OH is 1. The molecule has 0 bridgehead atoms. The molecule has 1 aliphatic rings. The van der Waals surface area contributed by atoms with Gasteiger partial charge < -0.3 is 30.1 Å². The zero-order valence-electron chi connectivity index (χ0n) is 25.9. The molecule has 4 N–H and O–H groups in total. The van der Waals surface area contributed by atoms with Crippen molar-refractivity contribution in [2.24, 2.45) is 0 Å². The number of unbranched alkanes of at least 4 members (excludes halogenated alkanes) is 3. The quantitative estimate of drug-likeness (QED) is 0.0915. The number of hydrogen-bond acceptors (Lipinski definition) is 10. The standard InChI is InChI=1S/C34H39N5O7S/c40-21-24-9-11-25(12-10-24)30-19-29(22-47-34-36-37-38-39(34)27-15-17-28(41)18-16-27)45-33(46-30)26-13-7-23(8-14-26)20-35-31(42)5-3-1-2-4-6-32(43)44/h7-18,29-30,33,40-41H,1-6,19-22H2,(H,35,42)(H,43,44). The summed E-state index contributed by atoms with van der Waals surface area (Å²) >= 11 is 1.47. The van der Waals surface area contributed by atoms with E-state index in [-0.39, 0.29) is 36.9 Å². The van der Waals surface area contributed by atoms with Gasteiger partial charge >= 0.3 is 5.97 Å². The molecule has 0 radical (unpaired) electrons. The molecule has 1 aromatic heterocycles. The molecular weight excluding hydrogens is 622 g/mol. The van der Waals surface area contributed by atoms with Gasteiger partial charge in [-0.1, -0.05) is 73.1 Å². The Kier molecular flexibility index (Phi) is 12.3. The predicted molar refractivity (Wildman–Crippen MR) is 174 cm³/mol. The van der Waals surface area contributed by atoms with E-state index in [1.165, 1.54) is 11.8 Å². The van der Waals surface area contributed by atoms with Gasteiger partial charge in [-0.05, 0) is 64.2 Å². The number of carboxylic acids is 1. The maximum Gasteiger partial charge on any atom is 0.303 e. The Hall–Kier alpha value is -4.30. The highest BCUT2D eigenvalue weighted by Crippen LogP contribution is 2.39. The van der Waals surface area contributed by atoms with E-state index < -0.39 is 12.3 Å². The molecule has 5 rings (SSSR count). The van der Waals surface area contributed by atoms with Gasteiger partial charge in [0.1, 0.15) is 5.75 Å². The lowest BCUT2D eigenvalue weighted by atomic mass is 10.0. The summed E-state index contributed by atoms with van der Waals surface area (Å²) in [5.74, 6) is -0.0949. The largest absolute Gasteiger partial charge is 0.508 e. The highest BCUT2D eigenvalue weighted by Gasteiger charge is 2.32. The van der Waals surface area contributed by atoms with Crippen LogP contribution in [0.5, 0.6) is 5.75 Å². The van der Waals surface area contributed by atoms with Crippen molar-refractivity contribution in [1.82, 2.24) is 25.5 Å². The van der Waals surface area contributed by atoms with E-state index in [9.17, 15) is 19.8 Å². The Labute approximate surface area is 277 Å². The summed E-state index contributed by atoms with van der Waals surface area (Å²) in [5.41, 5.74) is 4.34. The van der Waals surface area contributed by atoms with Gasteiger partial charge in [0.2, 0.25) is 11.1 Å². The second kappa shape index (κ2) is 17.0. The molecule has 1 amide bonds. The number of aromatic hydroxyl groups is 1. The van der Waals surface area contributed by atoms with Crippen LogP contribution in [-0.2, 0) is 32.2 Å². The molecule has 3 aromatic carbocycles. The van der Waals surface area contributed by atoms with Gasteiger partial charge in [-0.15, -0.1) is 5.10 Å². The molecule has 1 aliphatic heterocycles. The number of carboxylic acid groups (broad SMARTS) is 1. The molecule has 1 saturated heterocycles. The molecular formula is C34H39N5O7S. The summed E-state index contributed by atoms with van der Waals surface area (Å²) in [6.45, 7) is 0.368. The van der Waals surface area contributed by atoms with Crippen LogP contribution in [-0.4, -0.2) is 59.3 Å². The second-order valence-corrected chi connectivity index (χ2v) is 12.4. The fourth-order valence-corrected chi connectivity index (χ4v) is 6.12. The van der Waals surface area contributed by atoms with E-state index >= 15 is 0 Å². The van der Waals surface area contributed by atoms with Crippen LogP contribution >= 0.6 is 11.8 Å². The topological polar surface area (TPSA) is 169 Å². The van der Waals surface area contributed by atoms with E-state index in [0.29, 0.717) is 36.7 Å². The van der Waals surface area contributed by atoms with Crippen molar-refractivity contribution in [2.45, 2.75) is 81.8 Å². The third-order valence-electron chi connectivity index (χ3n) is 7.83. The van der Waals surface area contributed by atoms with Gasteiger partial charge in [0.15, 0.2) is 6.29 Å². The van der Waals surface area contributed by atoms with Gasteiger partial charge in [-0.25, -0.2) is 0 Å². The number of nitrogens with one attached hydrogen (secondary N) is 1. The number of aliphatic carboxylic acids is 1. The van der Waals surface area contributed by atoms with Crippen LogP contribution in [0, 0.1) is 0 Å². The van der Waals surface area contributed by atoms with E-state index in [1.54, 1.807) is 28.9 Å². The van der Waals surface area contributed by atoms with Crippen LogP contribution in [0.4, 0.5) is 0 Å². The minimum absolute atomic E-state index is 0.0295. The zero-order chi connectivity index (χ0) is 33.0. The zero-order valence-corrected chi connectivity index (χ0v) is 26.7. The van der Waals surface area contributed by atoms with Crippen molar-refractivity contribution in [3.63, 3.8) is 0 Å². The Morgan fingerprint density at radius 2 is 1.55 bits per heavy atom. The molecule has 3 unspecified atom stereocenters. The van der Waals surface area contributed by atoms with Crippen LogP contribution in [0.1, 0.15) is 79.6 Å². The van der Waals surface area contributed by atoms with Crippen LogP contribution in [0.3, 0.4) is 0 Å². The number of amides is 1. The number of phenolic OH excluding ortho intramolecular Hbond substituents is 1. The van der Waals surface area contributed by atoms with Crippen molar-refractivity contribution in [3.05, 3.63) is 95.1 Å². The fraction of sp³-hybridized carbons (Fsp3) is 0.382. The first-order chi connectivity index (χ1) is 22.9. The van der Waals surface area contributed by atoms with Crippen LogP contribution in [0.2, 0.25) is 0 Å². The Morgan fingerprint density at radius 3 is 2.26 bits per heavy atom. The number of tetrazole rings is 1. The average molecular weight is 662 g/mol. The highest BCUT2D eigenvalue weighted by molar-refractivity contribution is 7.99. The summed E-state index contributed by atoms with van der Waals surface area (Å²) < 4.78 is 14.5. The highest BCUT2D eigenvalue weighted by atomic mass is 32.2. The molecule has 47 heavy (non-hydrogen) atoms. The number of benzene rings is 3. The van der Waals surface area contributed by atoms with Gasteiger partial charge in [0.25, 0.3) is 0 Å².